The van der Waals surface area contributed by atoms with E-state index >= 15 is 4.79 Å². The number of nitrogens with zero attached hydrogens (tertiary/aromatic N) is 3. The zero-order valence-electron chi connectivity index (χ0n) is 39.2. The van der Waals surface area contributed by atoms with Crippen LogP contribution in [-0.2, 0) is 60.2 Å². The van der Waals surface area contributed by atoms with Gasteiger partial charge in [-0.15, -0.1) is 0 Å². The second-order valence-electron chi connectivity index (χ2n) is 19.1. The predicted octanol–water partition coefficient (Wildman–Crippen LogP) is 3.23. The van der Waals surface area contributed by atoms with Gasteiger partial charge in [0.05, 0.1) is 38.7 Å². The Morgan fingerprint density at radius 2 is 1.60 bits per heavy atom. The summed E-state index contributed by atoms with van der Waals surface area (Å²) in [7, 11) is 4.09. The number of para-hydroxylation sites is 1. The van der Waals surface area contributed by atoms with Gasteiger partial charge in [0.15, 0.2) is 6.10 Å². The Balaban J connectivity index is 0.000000718. The maximum atomic E-state index is 15.3. The molecule has 6 aliphatic rings. The Morgan fingerprint density at radius 1 is 0.897 bits per heavy atom. The number of rotatable bonds is 10. The number of carbonyl (C=O) groups is 6. The number of methoxy groups -OCH3 is 3. The van der Waals surface area contributed by atoms with E-state index in [1.54, 1.807) is 6.07 Å². The Hall–Kier alpha value is -6.08. The minimum absolute atomic E-state index is 0.155. The number of ether oxygens (including phenoxy) is 4. The lowest BCUT2D eigenvalue weighted by Crippen LogP contribution is -2.81. The van der Waals surface area contributed by atoms with Gasteiger partial charge in [-0.1, -0.05) is 44.2 Å². The number of hydrogen-bond donors (Lipinski definition) is 5. The van der Waals surface area contributed by atoms with Gasteiger partial charge in [-0.05, 0) is 74.2 Å². The molecule has 1 saturated carbocycles. The summed E-state index contributed by atoms with van der Waals surface area (Å²) in [5.41, 5.74) is -3.15. The van der Waals surface area contributed by atoms with Gasteiger partial charge in [-0.3, -0.25) is 24.2 Å². The molecule has 1 amide bonds. The lowest BCUT2D eigenvalue weighted by molar-refractivity contribution is -0.228. The molecule has 1 aromatic heterocycles. The van der Waals surface area contributed by atoms with Crippen molar-refractivity contribution in [3.63, 3.8) is 0 Å². The van der Waals surface area contributed by atoms with Crippen molar-refractivity contribution >= 4 is 52.8 Å². The number of carboxylic acid groups (broad SMARTS) is 2. The first kappa shape index (κ1) is 48.4. The van der Waals surface area contributed by atoms with Crippen LogP contribution in [0, 0.1) is 11.3 Å². The minimum Gasteiger partial charge on any atom is -0.496 e. The van der Waals surface area contributed by atoms with Crippen LogP contribution in [0.4, 0.5) is 5.69 Å². The van der Waals surface area contributed by atoms with Gasteiger partial charge in [0.2, 0.25) is 12.0 Å². The zero-order valence-corrected chi connectivity index (χ0v) is 39.2. The third kappa shape index (κ3) is 7.12. The lowest BCUT2D eigenvalue weighted by Gasteiger charge is -2.63. The number of amides is 1. The molecule has 3 fully saturated rings. The summed E-state index contributed by atoms with van der Waals surface area (Å²) in [5, 5.41) is 41.9. The molecule has 2 bridgehead atoms. The predicted molar refractivity (Wildman–Crippen MR) is 245 cm³/mol. The van der Waals surface area contributed by atoms with Crippen LogP contribution in [-0.4, -0.2) is 155 Å². The smallest absolute Gasteiger partial charge is 0.344 e. The Labute approximate surface area is 393 Å². The standard InChI is InChI=1S/C46H56N4O10.C4H4O4/c1-7-42(55)22-28-23-45(40(53)58-5,36-30(14-18-48(24-28)25-42)29-12-9-10-13-33(29)47-36)32-20-31-34(21-35(32)57-4)50(26-51)38-44(31)16-19-49-17-11-15-43(8-2,37(44)49)39(60-27(3)52)46(38,56)41(54)59-6;5-3(6)1-2-4(7)8/h9-13,15,20-21,26,28,37-39,47,55-56H,7-8,14,16-19,22-25H2,1-6H3;1-2H,(H,5,6)(H,7,8)/b;2-1-/t28-,37+,38-,39-,42+,43-,44-,45+,46+;/m1./s1. The number of aliphatic hydroxyl groups is 2. The molecule has 1 unspecified atom stereocenters. The van der Waals surface area contributed by atoms with Crippen molar-refractivity contribution in [3.8, 4) is 5.75 Å². The number of carbonyl (C=O) groups excluding carboxylic acids is 4. The summed E-state index contributed by atoms with van der Waals surface area (Å²) in [6, 6.07) is 9.97. The SMILES string of the molecule is CC[C@]1(O)C[C@H]2CN(CCc3c([nH]c4ccccc34)[C@@](C(=O)OC)(c3cc4c(cc3OC)N(C=O)[C@H]3[C@@](O)(C(=O)OC)[C@H](OC(C)=O)[C@]5(CC)C=CCN6CC[C@]43[C@@H]65)C2)C1.O=C(O)/C=C\C(=O)O. The van der Waals surface area contributed by atoms with Crippen LogP contribution in [0.15, 0.2) is 60.7 Å². The number of hydrogen-bond acceptors (Lipinski definition) is 14. The maximum Gasteiger partial charge on any atom is 0.344 e. The van der Waals surface area contributed by atoms with Gasteiger partial charge in [0.25, 0.3) is 0 Å². The van der Waals surface area contributed by atoms with Crippen LogP contribution < -0.4 is 9.64 Å². The number of fused-ring (bicyclic) bond motifs is 6. The van der Waals surface area contributed by atoms with Crippen LogP contribution in [0.25, 0.3) is 10.9 Å². The van der Waals surface area contributed by atoms with Crippen LogP contribution in [0.1, 0.15) is 75.3 Å². The summed E-state index contributed by atoms with van der Waals surface area (Å²) in [5.74, 6) is -4.58. The van der Waals surface area contributed by atoms with Gasteiger partial charge in [0, 0.05) is 90.4 Å². The van der Waals surface area contributed by atoms with Gasteiger partial charge >= 0.3 is 29.8 Å². The molecule has 9 rings (SSSR count). The minimum atomic E-state index is -2.53. The largest absolute Gasteiger partial charge is 0.496 e. The van der Waals surface area contributed by atoms with E-state index in [1.165, 1.54) is 33.2 Å². The van der Waals surface area contributed by atoms with E-state index in [-0.39, 0.29) is 12.3 Å². The van der Waals surface area contributed by atoms with Crippen molar-refractivity contribution in [3.05, 3.63) is 83.1 Å². The average molecular weight is 941 g/mol. The van der Waals surface area contributed by atoms with Crippen LogP contribution in [0.3, 0.4) is 0 Å². The summed E-state index contributed by atoms with van der Waals surface area (Å²) in [6.07, 6.45) is 6.95. The molecular formula is C50H60N4O14. The highest BCUT2D eigenvalue weighted by atomic mass is 16.6. The molecule has 5 aliphatic heterocycles. The molecule has 6 heterocycles. The fraction of sp³-hybridized carbons (Fsp3) is 0.520. The summed E-state index contributed by atoms with van der Waals surface area (Å²) in [4.78, 5) is 85.2. The van der Waals surface area contributed by atoms with Crippen LogP contribution >= 0.6 is 0 Å². The summed E-state index contributed by atoms with van der Waals surface area (Å²) >= 11 is 0. The lowest BCUT2D eigenvalue weighted by atomic mass is 9.47. The number of aromatic amines is 1. The number of nitrogens with one attached hydrogen (secondary N) is 1. The summed E-state index contributed by atoms with van der Waals surface area (Å²) < 4.78 is 23.7. The van der Waals surface area contributed by atoms with Crippen molar-refractivity contribution in [2.75, 3.05) is 59.0 Å². The highest BCUT2D eigenvalue weighted by molar-refractivity contribution is 5.97. The highest BCUT2D eigenvalue weighted by Gasteiger charge is 2.81. The topological polar surface area (TPSA) is 246 Å². The fourth-order valence-corrected chi connectivity index (χ4v) is 13.5. The van der Waals surface area contributed by atoms with Gasteiger partial charge in [0.1, 0.15) is 11.2 Å². The molecule has 2 saturated heterocycles. The second-order valence-corrected chi connectivity index (χ2v) is 19.1. The van der Waals surface area contributed by atoms with Crippen LogP contribution in [0.5, 0.6) is 5.75 Å². The number of H-pyrrole nitrogens is 1. The molecule has 1 aliphatic carbocycles. The molecule has 364 valence electrons. The monoisotopic (exact) mass is 940 g/mol. The third-order valence-corrected chi connectivity index (χ3v) is 15.9. The summed E-state index contributed by atoms with van der Waals surface area (Å²) in [6.45, 7) is 8.16. The number of piperidine rings is 1. The molecule has 18 nitrogen and oxygen atoms in total. The third-order valence-electron chi connectivity index (χ3n) is 15.9. The Kier molecular flexibility index (Phi) is 12.6. The van der Waals surface area contributed by atoms with E-state index < -0.39 is 75.5 Å². The van der Waals surface area contributed by atoms with E-state index in [9.17, 15) is 34.2 Å². The van der Waals surface area contributed by atoms with E-state index in [0.717, 1.165) is 16.5 Å². The van der Waals surface area contributed by atoms with Crippen molar-refractivity contribution in [1.82, 2.24) is 14.8 Å². The quantitative estimate of drug-likeness (QED) is 0.0644. The first-order chi connectivity index (χ1) is 32.4. The first-order valence-electron chi connectivity index (χ1n) is 23.0. The van der Waals surface area contributed by atoms with Crippen molar-refractivity contribution in [2.24, 2.45) is 11.3 Å². The maximum absolute atomic E-state index is 15.3. The van der Waals surface area contributed by atoms with Crippen molar-refractivity contribution in [1.29, 1.82) is 0 Å². The normalized spacial score (nSPS) is 33.3. The Bertz CT molecular complexity index is 2590. The fourth-order valence-electron chi connectivity index (χ4n) is 13.5. The molecule has 68 heavy (non-hydrogen) atoms. The number of benzene rings is 2. The van der Waals surface area contributed by atoms with Crippen molar-refractivity contribution < 1.29 is 68.1 Å². The molecule has 1 spiro atoms. The molecule has 0 radical (unpaired) electrons. The van der Waals surface area contributed by atoms with Crippen LogP contribution in [0.2, 0.25) is 0 Å². The molecule has 18 heteroatoms. The molecule has 3 aromatic rings. The highest BCUT2D eigenvalue weighted by Crippen LogP contribution is 2.68. The van der Waals surface area contributed by atoms with Gasteiger partial charge in [-0.25, -0.2) is 14.4 Å². The van der Waals surface area contributed by atoms with E-state index in [4.69, 9.17) is 29.2 Å². The molecule has 10 atom stereocenters. The van der Waals surface area contributed by atoms with E-state index in [0.29, 0.717) is 112 Å². The van der Waals surface area contributed by atoms with Gasteiger partial charge < -0.3 is 49.3 Å². The Morgan fingerprint density at radius 3 is 2.22 bits per heavy atom. The van der Waals surface area contributed by atoms with Gasteiger partial charge in [-0.2, -0.15) is 0 Å². The zero-order chi connectivity index (χ0) is 49.1. The number of anilines is 1. The second kappa shape index (κ2) is 17.8. The number of esters is 3. The first-order valence-corrected chi connectivity index (χ1v) is 23.0. The van der Waals surface area contributed by atoms with Crippen molar-refractivity contribution in [2.45, 2.75) is 99.5 Å². The molecule has 5 N–H and O–H groups in total. The average Bonchev–Trinajstić information content (AvgIpc) is 4.00. The van der Waals surface area contributed by atoms with E-state index in [1.807, 2.05) is 50.3 Å². The number of aliphatic carboxylic acids is 2. The molecular weight excluding hydrogens is 881 g/mol. The number of aromatic nitrogens is 1. The van der Waals surface area contributed by atoms with E-state index in [2.05, 4.69) is 20.9 Å². The number of carboxylic acids is 2. The molecule has 2 aromatic carbocycles.